The van der Waals surface area contributed by atoms with Gasteiger partial charge in [0.25, 0.3) is 5.89 Å². The summed E-state index contributed by atoms with van der Waals surface area (Å²) in [6.45, 7) is 4.78. The van der Waals surface area contributed by atoms with Crippen molar-refractivity contribution >= 4 is 17.1 Å². The molecule has 4 heterocycles. The summed E-state index contributed by atoms with van der Waals surface area (Å²) >= 11 is 1.58. The van der Waals surface area contributed by atoms with Gasteiger partial charge in [-0.05, 0) is 62.5 Å². The van der Waals surface area contributed by atoms with E-state index in [1.807, 2.05) is 35.7 Å². The number of fused-ring (bicyclic) bond motifs is 1. The van der Waals surface area contributed by atoms with Crippen LogP contribution in [0, 0.1) is 5.92 Å². The van der Waals surface area contributed by atoms with Gasteiger partial charge in [0, 0.05) is 11.5 Å². The van der Waals surface area contributed by atoms with Crippen LogP contribution in [0.15, 0.2) is 40.1 Å². The van der Waals surface area contributed by atoms with Crippen molar-refractivity contribution in [1.29, 1.82) is 0 Å². The van der Waals surface area contributed by atoms with E-state index < -0.39 is 0 Å². The fourth-order valence-corrected chi connectivity index (χ4v) is 4.68. The molecule has 156 valence electrons. The van der Waals surface area contributed by atoms with E-state index in [0.29, 0.717) is 42.1 Å². The molecule has 2 aliphatic rings. The molecule has 1 aromatic carbocycles. The van der Waals surface area contributed by atoms with Gasteiger partial charge in [0.1, 0.15) is 13.2 Å². The highest BCUT2D eigenvalue weighted by Gasteiger charge is 2.31. The van der Waals surface area contributed by atoms with Crippen molar-refractivity contribution in [3.8, 4) is 22.3 Å². The Morgan fingerprint density at radius 3 is 2.70 bits per heavy atom. The van der Waals surface area contributed by atoms with Crippen molar-refractivity contribution in [2.24, 2.45) is 5.92 Å². The highest BCUT2D eigenvalue weighted by Crippen LogP contribution is 2.34. The lowest BCUT2D eigenvalue weighted by atomic mass is 9.88. The Labute approximate surface area is 178 Å². The Bertz CT molecular complexity index is 1020. The number of ketones is 1. The zero-order chi connectivity index (χ0) is 20.5. The van der Waals surface area contributed by atoms with Crippen molar-refractivity contribution in [3.63, 3.8) is 0 Å². The molecule has 0 spiro atoms. The molecule has 0 unspecified atom stereocenters. The SMILES string of the molecule is C[C@@H](c1nnc(-c2cccs2)o1)N1CCC(C(=O)c2ccc3c(c2)OCCO3)CC1. The molecule has 1 atom stereocenters. The highest BCUT2D eigenvalue weighted by atomic mass is 32.1. The first-order valence-corrected chi connectivity index (χ1v) is 11.1. The predicted octanol–water partition coefficient (Wildman–Crippen LogP) is 4.23. The summed E-state index contributed by atoms with van der Waals surface area (Å²) in [6.07, 6.45) is 1.62. The number of Topliss-reactive ketones (excluding diaryl/α,β-unsaturated/α-hetero) is 1. The van der Waals surface area contributed by atoms with Crippen molar-refractivity contribution in [2.75, 3.05) is 26.3 Å². The first-order valence-electron chi connectivity index (χ1n) is 10.2. The molecule has 5 rings (SSSR count). The average Bonchev–Trinajstić information content (AvgIpc) is 3.50. The van der Waals surface area contributed by atoms with E-state index >= 15 is 0 Å². The summed E-state index contributed by atoms with van der Waals surface area (Å²) in [5.74, 6) is 2.75. The van der Waals surface area contributed by atoms with Crippen molar-refractivity contribution in [1.82, 2.24) is 15.1 Å². The molecule has 1 fully saturated rings. The van der Waals surface area contributed by atoms with E-state index in [2.05, 4.69) is 22.0 Å². The minimum atomic E-state index is 0.0142. The standard InChI is InChI=1S/C22H23N3O4S/c1-14(21-23-24-22(29-21)19-3-2-12-30-19)25-8-6-15(7-9-25)20(26)16-4-5-17-18(13-16)28-11-10-27-17/h2-5,12-15H,6-11H2,1H3/t14-/m0/s1. The number of nitrogens with zero attached hydrogens (tertiary/aromatic N) is 3. The minimum absolute atomic E-state index is 0.0142. The van der Waals surface area contributed by atoms with Crippen LogP contribution in [0.5, 0.6) is 11.5 Å². The van der Waals surface area contributed by atoms with Crippen LogP contribution in [0.2, 0.25) is 0 Å². The average molecular weight is 426 g/mol. The Kier molecular flexibility index (Phi) is 5.26. The smallest absolute Gasteiger partial charge is 0.257 e. The lowest BCUT2D eigenvalue weighted by Gasteiger charge is -2.34. The topological polar surface area (TPSA) is 77.7 Å². The van der Waals surface area contributed by atoms with Crippen molar-refractivity contribution in [3.05, 3.63) is 47.2 Å². The van der Waals surface area contributed by atoms with Gasteiger partial charge in [0.15, 0.2) is 17.3 Å². The summed E-state index contributed by atoms with van der Waals surface area (Å²) in [6, 6.07) is 9.46. The van der Waals surface area contributed by atoms with E-state index in [9.17, 15) is 4.79 Å². The van der Waals surface area contributed by atoms with Crippen LogP contribution in [0.3, 0.4) is 0 Å². The molecule has 8 heteroatoms. The van der Waals surface area contributed by atoms with Gasteiger partial charge in [-0.15, -0.1) is 21.5 Å². The Morgan fingerprint density at radius 2 is 1.93 bits per heavy atom. The normalized spacial score (nSPS) is 18.3. The van der Waals surface area contributed by atoms with Gasteiger partial charge in [-0.1, -0.05) is 6.07 Å². The number of carbonyl (C=O) groups excluding carboxylic acids is 1. The summed E-state index contributed by atoms with van der Waals surface area (Å²) in [5, 5.41) is 10.4. The lowest BCUT2D eigenvalue weighted by Crippen LogP contribution is -2.38. The van der Waals surface area contributed by atoms with E-state index in [1.54, 1.807) is 11.3 Å². The maximum atomic E-state index is 13.0. The van der Waals surface area contributed by atoms with Gasteiger partial charge < -0.3 is 13.9 Å². The predicted molar refractivity (Wildman–Crippen MR) is 112 cm³/mol. The van der Waals surface area contributed by atoms with Crippen molar-refractivity contribution < 1.29 is 18.7 Å². The fraction of sp³-hybridized carbons (Fsp3) is 0.409. The number of likely N-dealkylation sites (tertiary alicyclic amines) is 1. The van der Waals surface area contributed by atoms with Gasteiger partial charge in [0.05, 0.1) is 10.9 Å². The minimum Gasteiger partial charge on any atom is -0.486 e. The van der Waals surface area contributed by atoms with E-state index in [1.165, 1.54) is 0 Å². The molecule has 2 aromatic heterocycles. The summed E-state index contributed by atoms with van der Waals surface area (Å²) in [4.78, 5) is 16.3. The van der Waals surface area contributed by atoms with Crippen LogP contribution in [0.25, 0.3) is 10.8 Å². The Balaban J connectivity index is 1.21. The fourth-order valence-electron chi connectivity index (χ4n) is 4.04. The van der Waals surface area contributed by atoms with Gasteiger partial charge >= 0.3 is 0 Å². The van der Waals surface area contributed by atoms with Crippen LogP contribution < -0.4 is 9.47 Å². The van der Waals surface area contributed by atoms with Crippen LogP contribution in [-0.2, 0) is 0 Å². The third kappa shape index (κ3) is 3.73. The number of hydrogen-bond donors (Lipinski definition) is 0. The largest absolute Gasteiger partial charge is 0.486 e. The Hall–Kier alpha value is -2.71. The molecule has 3 aromatic rings. The van der Waals surface area contributed by atoms with Crippen LogP contribution in [0.1, 0.15) is 42.1 Å². The van der Waals surface area contributed by atoms with Crippen molar-refractivity contribution in [2.45, 2.75) is 25.8 Å². The van der Waals surface area contributed by atoms with Crippen LogP contribution >= 0.6 is 11.3 Å². The van der Waals surface area contributed by atoms with Crippen LogP contribution in [0.4, 0.5) is 0 Å². The third-order valence-electron chi connectivity index (χ3n) is 5.80. The maximum absolute atomic E-state index is 13.0. The van der Waals surface area contributed by atoms with Gasteiger partial charge in [-0.25, -0.2) is 0 Å². The third-order valence-corrected chi connectivity index (χ3v) is 6.66. The summed E-state index contributed by atoms with van der Waals surface area (Å²) in [7, 11) is 0. The van der Waals surface area contributed by atoms with Gasteiger partial charge in [0.2, 0.25) is 5.89 Å². The molecular formula is C22H23N3O4S. The number of hydrogen-bond acceptors (Lipinski definition) is 8. The molecule has 1 saturated heterocycles. The molecule has 0 radical (unpaired) electrons. The molecular weight excluding hydrogens is 402 g/mol. The number of piperidine rings is 1. The molecule has 0 bridgehead atoms. The molecule has 30 heavy (non-hydrogen) atoms. The van der Waals surface area contributed by atoms with Gasteiger partial charge in [-0.3, -0.25) is 9.69 Å². The summed E-state index contributed by atoms with van der Waals surface area (Å²) in [5.41, 5.74) is 0.697. The van der Waals surface area contributed by atoms with E-state index in [0.717, 1.165) is 30.8 Å². The summed E-state index contributed by atoms with van der Waals surface area (Å²) < 4.78 is 17.1. The van der Waals surface area contributed by atoms with Gasteiger partial charge in [-0.2, -0.15) is 0 Å². The first-order chi connectivity index (χ1) is 14.7. The maximum Gasteiger partial charge on any atom is 0.257 e. The number of thiophene rings is 1. The quantitative estimate of drug-likeness (QED) is 0.566. The number of carbonyl (C=O) groups is 1. The zero-order valence-corrected chi connectivity index (χ0v) is 17.6. The molecule has 7 nitrogen and oxygen atoms in total. The second kappa shape index (κ2) is 8.20. The van der Waals surface area contributed by atoms with E-state index in [4.69, 9.17) is 13.9 Å². The molecule has 2 aliphatic heterocycles. The number of ether oxygens (including phenoxy) is 2. The molecule has 0 aliphatic carbocycles. The van der Waals surface area contributed by atoms with E-state index in [-0.39, 0.29) is 17.7 Å². The molecule has 0 saturated carbocycles. The monoisotopic (exact) mass is 425 g/mol. The second-order valence-corrected chi connectivity index (χ2v) is 8.58. The first kappa shape index (κ1) is 19.3. The zero-order valence-electron chi connectivity index (χ0n) is 16.7. The Morgan fingerprint density at radius 1 is 1.13 bits per heavy atom. The second-order valence-electron chi connectivity index (χ2n) is 7.63. The number of aromatic nitrogens is 2. The molecule has 0 N–H and O–H groups in total. The highest BCUT2D eigenvalue weighted by molar-refractivity contribution is 7.13. The molecule has 0 amide bonds. The van der Waals surface area contributed by atoms with Crippen LogP contribution in [-0.4, -0.2) is 47.2 Å². The lowest BCUT2D eigenvalue weighted by molar-refractivity contribution is 0.0781. The number of benzene rings is 1. The number of rotatable bonds is 5.